The predicted molar refractivity (Wildman–Crippen MR) is 93.6 cm³/mol. The average Bonchev–Trinajstić information content (AvgIpc) is 2.64. The maximum absolute atomic E-state index is 13.7. The third-order valence-corrected chi connectivity index (χ3v) is 4.77. The molecule has 0 spiro atoms. The van der Waals surface area contributed by atoms with E-state index in [2.05, 4.69) is 30.8 Å². The van der Waals surface area contributed by atoms with Crippen LogP contribution in [0, 0.1) is 5.82 Å². The van der Waals surface area contributed by atoms with Crippen molar-refractivity contribution in [3.63, 3.8) is 0 Å². The van der Waals surface area contributed by atoms with E-state index in [9.17, 15) is 9.18 Å². The van der Waals surface area contributed by atoms with Crippen LogP contribution in [0.2, 0.25) is 0 Å². The minimum Gasteiger partial charge on any atom is -0.338 e. The van der Waals surface area contributed by atoms with Gasteiger partial charge >= 0.3 is 0 Å². The number of aromatic nitrogens is 2. The highest BCUT2D eigenvalue weighted by molar-refractivity contribution is 9.10. The molecule has 1 saturated heterocycles. The maximum atomic E-state index is 13.7. The summed E-state index contributed by atoms with van der Waals surface area (Å²) in [6.45, 7) is 2.59. The van der Waals surface area contributed by atoms with Gasteiger partial charge in [0.1, 0.15) is 5.82 Å². The predicted octanol–water partition coefficient (Wildman–Crippen LogP) is 2.27. The lowest BCUT2D eigenvalue weighted by molar-refractivity contribution is -0.130. The molecule has 1 unspecified atom stereocenters. The first-order chi connectivity index (χ1) is 11.6. The summed E-state index contributed by atoms with van der Waals surface area (Å²) in [5.41, 5.74) is 0.545. The van der Waals surface area contributed by atoms with E-state index >= 15 is 0 Å². The van der Waals surface area contributed by atoms with Gasteiger partial charge in [-0.15, -0.1) is 0 Å². The Kier molecular flexibility index (Phi) is 5.40. The van der Waals surface area contributed by atoms with E-state index in [4.69, 9.17) is 0 Å². The molecular formula is C17H18BrFN4O. The summed E-state index contributed by atoms with van der Waals surface area (Å²) in [5.74, 6) is 0.402. The van der Waals surface area contributed by atoms with Crippen molar-refractivity contribution >= 4 is 27.8 Å². The van der Waals surface area contributed by atoms with E-state index in [-0.39, 0.29) is 11.7 Å². The number of carbonyl (C=O) groups excluding carboxylic acids is 1. The van der Waals surface area contributed by atoms with Crippen LogP contribution in [0.15, 0.2) is 42.7 Å². The van der Waals surface area contributed by atoms with Crippen LogP contribution in [0.5, 0.6) is 0 Å². The van der Waals surface area contributed by atoms with Gasteiger partial charge in [-0.3, -0.25) is 4.79 Å². The van der Waals surface area contributed by atoms with Crippen molar-refractivity contribution in [2.45, 2.75) is 11.2 Å². The van der Waals surface area contributed by atoms with E-state index in [1.54, 1.807) is 41.6 Å². The number of rotatable bonds is 4. The molecule has 0 bridgehead atoms. The quantitative estimate of drug-likeness (QED) is 0.748. The lowest BCUT2D eigenvalue weighted by atomic mass is 10.1. The molecule has 1 amide bonds. The van der Waals surface area contributed by atoms with Crippen LogP contribution in [0.4, 0.5) is 10.3 Å². The molecule has 1 atom stereocenters. The van der Waals surface area contributed by atoms with Crippen molar-refractivity contribution in [1.29, 1.82) is 0 Å². The number of hydrogen-bond donors (Lipinski definition) is 0. The first kappa shape index (κ1) is 16.8. The van der Waals surface area contributed by atoms with Crippen LogP contribution < -0.4 is 4.90 Å². The smallest absolute Gasteiger partial charge is 0.236 e. The van der Waals surface area contributed by atoms with Crippen LogP contribution in [-0.4, -0.2) is 51.8 Å². The molecule has 0 N–H and O–H groups in total. The zero-order valence-corrected chi connectivity index (χ0v) is 14.7. The van der Waals surface area contributed by atoms with Crippen LogP contribution >= 0.6 is 15.9 Å². The molecule has 1 fully saturated rings. The first-order valence-corrected chi connectivity index (χ1v) is 8.75. The SMILES string of the molecule is O=C(C(Br)Cc1ccccc1F)N1CCN(c2ncccn2)CC1. The number of anilines is 1. The summed E-state index contributed by atoms with van der Waals surface area (Å²) in [6.07, 6.45) is 3.76. The second kappa shape index (κ2) is 7.70. The van der Waals surface area contributed by atoms with Gasteiger partial charge in [0.25, 0.3) is 0 Å². The van der Waals surface area contributed by atoms with E-state index in [1.807, 2.05) is 0 Å². The summed E-state index contributed by atoms with van der Waals surface area (Å²) in [6, 6.07) is 8.33. The van der Waals surface area contributed by atoms with Crippen LogP contribution in [-0.2, 0) is 11.2 Å². The lowest BCUT2D eigenvalue weighted by Crippen LogP contribution is -2.51. The standard InChI is InChI=1S/C17H18BrFN4O/c18-14(12-13-4-1-2-5-15(13)19)16(24)22-8-10-23(11-9-22)17-20-6-3-7-21-17/h1-7,14H,8-12H2. The molecule has 3 rings (SSSR count). The molecule has 0 radical (unpaired) electrons. The van der Waals surface area contributed by atoms with Gasteiger partial charge in [0, 0.05) is 38.6 Å². The molecule has 1 aromatic heterocycles. The highest BCUT2D eigenvalue weighted by Crippen LogP contribution is 2.17. The largest absolute Gasteiger partial charge is 0.338 e. The lowest BCUT2D eigenvalue weighted by Gasteiger charge is -2.35. The molecule has 7 heteroatoms. The van der Waals surface area contributed by atoms with E-state index in [1.165, 1.54) is 6.07 Å². The summed E-state index contributed by atoms with van der Waals surface area (Å²) in [4.78, 5) is 24.5. The van der Waals surface area contributed by atoms with Crippen molar-refractivity contribution < 1.29 is 9.18 Å². The van der Waals surface area contributed by atoms with Crippen molar-refractivity contribution in [3.8, 4) is 0 Å². The number of hydrogen-bond acceptors (Lipinski definition) is 4. The number of alkyl halides is 1. The number of carbonyl (C=O) groups is 1. The van der Waals surface area contributed by atoms with Gasteiger partial charge in [0.2, 0.25) is 11.9 Å². The Hall–Kier alpha value is -2.02. The third kappa shape index (κ3) is 3.90. The van der Waals surface area contributed by atoms with Gasteiger partial charge in [-0.25, -0.2) is 14.4 Å². The van der Waals surface area contributed by atoms with Crippen molar-refractivity contribution in [3.05, 3.63) is 54.1 Å². The van der Waals surface area contributed by atoms with E-state index in [0.29, 0.717) is 44.1 Å². The molecule has 0 saturated carbocycles. The molecule has 2 aromatic rings. The van der Waals surface area contributed by atoms with Gasteiger partial charge in [0.05, 0.1) is 4.83 Å². The highest BCUT2D eigenvalue weighted by Gasteiger charge is 2.27. The fraction of sp³-hybridized carbons (Fsp3) is 0.353. The van der Waals surface area contributed by atoms with Gasteiger partial charge in [-0.1, -0.05) is 34.1 Å². The highest BCUT2D eigenvalue weighted by atomic mass is 79.9. The molecule has 0 aliphatic carbocycles. The van der Waals surface area contributed by atoms with Crippen LogP contribution in [0.25, 0.3) is 0 Å². The second-order valence-electron chi connectivity index (χ2n) is 5.62. The Morgan fingerprint density at radius 1 is 1.12 bits per heavy atom. The third-order valence-electron chi connectivity index (χ3n) is 4.05. The molecule has 126 valence electrons. The monoisotopic (exact) mass is 392 g/mol. The Labute approximate surface area is 148 Å². The van der Waals surface area contributed by atoms with Gasteiger partial charge in [-0.2, -0.15) is 0 Å². The van der Waals surface area contributed by atoms with Gasteiger partial charge < -0.3 is 9.80 Å². The normalized spacial score (nSPS) is 16.1. The number of amides is 1. The average molecular weight is 393 g/mol. The summed E-state index contributed by atoms with van der Waals surface area (Å²) < 4.78 is 13.7. The second-order valence-corrected chi connectivity index (χ2v) is 6.73. The summed E-state index contributed by atoms with van der Waals surface area (Å²) in [7, 11) is 0. The zero-order chi connectivity index (χ0) is 16.9. The molecule has 2 heterocycles. The maximum Gasteiger partial charge on any atom is 0.236 e. The van der Waals surface area contributed by atoms with Gasteiger partial charge in [-0.05, 0) is 24.1 Å². The van der Waals surface area contributed by atoms with E-state index < -0.39 is 4.83 Å². The summed E-state index contributed by atoms with van der Waals surface area (Å²) >= 11 is 3.41. The van der Waals surface area contributed by atoms with E-state index in [0.717, 1.165) is 0 Å². The molecule has 5 nitrogen and oxygen atoms in total. The van der Waals surface area contributed by atoms with Gasteiger partial charge in [0.15, 0.2) is 0 Å². The van der Waals surface area contributed by atoms with Crippen molar-refractivity contribution in [2.24, 2.45) is 0 Å². The first-order valence-electron chi connectivity index (χ1n) is 7.83. The van der Waals surface area contributed by atoms with Crippen LogP contribution in [0.3, 0.4) is 0 Å². The fourth-order valence-corrected chi connectivity index (χ4v) is 3.36. The minimum absolute atomic E-state index is 0.00752. The molecule has 24 heavy (non-hydrogen) atoms. The number of piperazine rings is 1. The number of halogens is 2. The Morgan fingerprint density at radius 2 is 1.79 bits per heavy atom. The Morgan fingerprint density at radius 3 is 2.46 bits per heavy atom. The summed E-state index contributed by atoms with van der Waals surface area (Å²) in [5, 5.41) is 0. The van der Waals surface area contributed by atoms with Crippen LogP contribution in [0.1, 0.15) is 5.56 Å². The Bertz CT molecular complexity index is 692. The molecule has 1 aliphatic heterocycles. The topological polar surface area (TPSA) is 49.3 Å². The van der Waals surface area contributed by atoms with Crippen molar-refractivity contribution in [1.82, 2.24) is 14.9 Å². The molecule has 1 aromatic carbocycles. The fourth-order valence-electron chi connectivity index (χ4n) is 2.72. The Balaban J connectivity index is 1.56. The van der Waals surface area contributed by atoms with Crippen molar-refractivity contribution in [2.75, 3.05) is 31.1 Å². The molecular weight excluding hydrogens is 375 g/mol. The number of benzene rings is 1. The number of nitrogens with zero attached hydrogens (tertiary/aromatic N) is 4. The minimum atomic E-state index is -0.422. The molecule has 1 aliphatic rings. The zero-order valence-electron chi connectivity index (χ0n) is 13.1.